The van der Waals surface area contributed by atoms with Crippen LogP contribution in [0.25, 0.3) is 0 Å². The van der Waals surface area contributed by atoms with Crippen molar-refractivity contribution in [3.8, 4) is 0 Å². The van der Waals surface area contributed by atoms with Gasteiger partial charge in [0, 0.05) is 18.2 Å². The van der Waals surface area contributed by atoms with Crippen LogP contribution in [0.15, 0.2) is 24.8 Å². The minimum atomic E-state index is -2.64. The maximum Gasteiger partial charge on any atom is 0.410 e. The number of carbonyl (C=O) groups is 3. The molecule has 16 heavy (non-hydrogen) atoms. The molecule has 1 atom stereocenters. The van der Waals surface area contributed by atoms with Crippen LogP contribution >= 0.6 is 0 Å². The SMILES string of the molecule is C=CC(=O)OC1(O)COC(=O)/C=C\C(=O)O1. The van der Waals surface area contributed by atoms with Gasteiger partial charge in [0.1, 0.15) is 0 Å². The van der Waals surface area contributed by atoms with Crippen molar-refractivity contribution in [2.45, 2.75) is 5.97 Å². The van der Waals surface area contributed by atoms with Gasteiger partial charge in [0.25, 0.3) is 0 Å². The Bertz CT molecular complexity index is 370. The summed E-state index contributed by atoms with van der Waals surface area (Å²) in [5.41, 5.74) is 0. The van der Waals surface area contributed by atoms with Crippen molar-refractivity contribution in [3.63, 3.8) is 0 Å². The predicted octanol–water partition coefficient (Wildman–Crippen LogP) is -0.982. The molecule has 0 bridgehead atoms. The van der Waals surface area contributed by atoms with Gasteiger partial charge in [-0.3, -0.25) is 0 Å². The number of carbonyl (C=O) groups excluding carboxylic acids is 3. The van der Waals surface area contributed by atoms with Crippen LogP contribution in [-0.2, 0) is 28.6 Å². The molecule has 1 heterocycles. The summed E-state index contributed by atoms with van der Waals surface area (Å²) in [5, 5.41) is 9.52. The maximum atomic E-state index is 11.0. The smallest absolute Gasteiger partial charge is 0.410 e. The highest BCUT2D eigenvalue weighted by Gasteiger charge is 2.38. The fourth-order valence-electron chi connectivity index (χ4n) is 0.816. The molecule has 0 aromatic rings. The van der Waals surface area contributed by atoms with Crippen LogP contribution in [0.2, 0.25) is 0 Å². The second-order valence-electron chi connectivity index (χ2n) is 2.70. The zero-order valence-corrected chi connectivity index (χ0v) is 8.04. The number of hydrogen-bond donors (Lipinski definition) is 1. The van der Waals surface area contributed by atoms with Crippen LogP contribution in [0, 0.1) is 0 Å². The Morgan fingerprint density at radius 1 is 1.50 bits per heavy atom. The van der Waals surface area contributed by atoms with E-state index >= 15 is 0 Å². The van der Waals surface area contributed by atoms with E-state index in [2.05, 4.69) is 20.8 Å². The molecular weight excluding hydrogens is 220 g/mol. The van der Waals surface area contributed by atoms with Crippen molar-refractivity contribution in [2.75, 3.05) is 6.61 Å². The quantitative estimate of drug-likeness (QED) is 0.368. The molecule has 7 heteroatoms. The van der Waals surface area contributed by atoms with E-state index < -0.39 is 30.5 Å². The Hall–Kier alpha value is -2.15. The van der Waals surface area contributed by atoms with E-state index in [4.69, 9.17) is 0 Å². The molecule has 0 aromatic carbocycles. The Morgan fingerprint density at radius 2 is 2.12 bits per heavy atom. The second kappa shape index (κ2) is 4.58. The van der Waals surface area contributed by atoms with Crippen LogP contribution in [-0.4, -0.2) is 35.6 Å². The van der Waals surface area contributed by atoms with E-state index in [0.717, 1.165) is 18.2 Å². The third kappa shape index (κ3) is 3.21. The fraction of sp³-hybridized carbons (Fsp3) is 0.222. The van der Waals surface area contributed by atoms with Crippen molar-refractivity contribution in [1.29, 1.82) is 0 Å². The lowest BCUT2D eigenvalue weighted by Gasteiger charge is -2.25. The molecule has 1 aliphatic rings. The molecule has 0 amide bonds. The van der Waals surface area contributed by atoms with Gasteiger partial charge in [0.2, 0.25) is 0 Å². The van der Waals surface area contributed by atoms with Crippen molar-refractivity contribution in [1.82, 2.24) is 0 Å². The molecule has 1 N–H and O–H groups in total. The lowest BCUT2D eigenvalue weighted by molar-refractivity contribution is -0.334. The first-order valence-corrected chi connectivity index (χ1v) is 4.11. The van der Waals surface area contributed by atoms with Gasteiger partial charge in [-0.25, -0.2) is 14.4 Å². The molecule has 1 aliphatic heterocycles. The van der Waals surface area contributed by atoms with Crippen molar-refractivity contribution in [2.24, 2.45) is 0 Å². The Kier molecular flexibility index (Phi) is 3.41. The van der Waals surface area contributed by atoms with E-state index in [1.54, 1.807) is 0 Å². The summed E-state index contributed by atoms with van der Waals surface area (Å²) >= 11 is 0. The van der Waals surface area contributed by atoms with Crippen LogP contribution in [0.4, 0.5) is 0 Å². The van der Waals surface area contributed by atoms with Gasteiger partial charge in [-0.15, -0.1) is 0 Å². The fourth-order valence-corrected chi connectivity index (χ4v) is 0.816. The van der Waals surface area contributed by atoms with Crippen LogP contribution < -0.4 is 0 Å². The summed E-state index contributed by atoms with van der Waals surface area (Å²) in [6.07, 6.45) is 2.30. The summed E-state index contributed by atoms with van der Waals surface area (Å²) in [4.78, 5) is 32.6. The average molecular weight is 228 g/mol. The zero-order chi connectivity index (χ0) is 12.2. The average Bonchev–Trinajstić information content (AvgIpc) is 2.22. The van der Waals surface area contributed by atoms with E-state index in [1.165, 1.54) is 0 Å². The molecule has 0 spiro atoms. The highest BCUT2D eigenvalue weighted by molar-refractivity contribution is 5.92. The van der Waals surface area contributed by atoms with E-state index in [1.807, 2.05) is 0 Å². The lowest BCUT2D eigenvalue weighted by atomic mass is 10.4. The summed E-state index contributed by atoms with van der Waals surface area (Å²) in [5.74, 6) is -5.58. The minimum Gasteiger partial charge on any atom is -0.451 e. The van der Waals surface area contributed by atoms with Crippen molar-refractivity contribution >= 4 is 17.9 Å². The molecule has 7 nitrogen and oxygen atoms in total. The highest BCUT2D eigenvalue weighted by Crippen LogP contribution is 2.13. The first kappa shape index (κ1) is 11.9. The number of esters is 3. The van der Waals surface area contributed by atoms with E-state index in [9.17, 15) is 19.5 Å². The molecule has 86 valence electrons. The van der Waals surface area contributed by atoms with Crippen LogP contribution in [0.1, 0.15) is 0 Å². The van der Waals surface area contributed by atoms with Gasteiger partial charge >= 0.3 is 23.9 Å². The standard InChI is InChI=1S/C9H8O7/c1-2-6(10)15-9(13)5-14-7(11)3-4-8(12)16-9/h2-4,13H,1,5H2/b4-3-. The van der Waals surface area contributed by atoms with E-state index in [0.29, 0.717) is 0 Å². The zero-order valence-electron chi connectivity index (χ0n) is 8.04. The van der Waals surface area contributed by atoms with Gasteiger partial charge in [-0.2, -0.15) is 0 Å². The third-order valence-corrected chi connectivity index (χ3v) is 1.44. The van der Waals surface area contributed by atoms with Crippen molar-refractivity contribution in [3.05, 3.63) is 24.8 Å². The van der Waals surface area contributed by atoms with Crippen molar-refractivity contribution < 1.29 is 33.7 Å². The Labute approximate surface area is 89.9 Å². The first-order valence-electron chi connectivity index (χ1n) is 4.11. The van der Waals surface area contributed by atoms with Gasteiger partial charge in [-0.05, 0) is 0 Å². The molecule has 1 rings (SSSR count). The first-order chi connectivity index (χ1) is 7.45. The Balaban J connectivity index is 2.82. The second-order valence-corrected chi connectivity index (χ2v) is 2.70. The topological polar surface area (TPSA) is 99.1 Å². The largest absolute Gasteiger partial charge is 0.451 e. The minimum absolute atomic E-state index is 0.730. The molecular formula is C9H8O7. The molecule has 0 fully saturated rings. The van der Waals surface area contributed by atoms with Gasteiger partial charge < -0.3 is 19.3 Å². The van der Waals surface area contributed by atoms with Gasteiger partial charge in [-0.1, -0.05) is 6.58 Å². The summed E-state index contributed by atoms with van der Waals surface area (Å²) < 4.78 is 13.1. The van der Waals surface area contributed by atoms with Crippen LogP contribution in [0.5, 0.6) is 0 Å². The summed E-state index contributed by atoms with van der Waals surface area (Å²) in [6.45, 7) is 2.27. The lowest BCUT2D eigenvalue weighted by Crippen LogP contribution is -2.45. The molecule has 0 saturated heterocycles. The molecule has 0 saturated carbocycles. The molecule has 0 aliphatic carbocycles. The Morgan fingerprint density at radius 3 is 2.75 bits per heavy atom. The maximum absolute atomic E-state index is 11.0. The third-order valence-electron chi connectivity index (χ3n) is 1.44. The van der Waals surface area contributed by atoms with Gasteiger partial charge in [0.15, 0.2) is 6.61 Å². The number of hydrogen-bond acceptors (Lipinski definition) is 7. The molecule has 1 unspecified atom stereocenters. The summed E-state index contributed by atoms with van der Waals surface area (Å²) in [7, 11) is 0. The van der Waals surface area contributed by atoms with Crippen LogP contribution in [0.3, 0.4) is 0 Å². The number of ether oxygens (including phenoxy) is 3. The highest BCUT2D eigenvalue weighted by atomic mass is 16.9. The summed E-state index contributed by atoms with van der Waals surface area (Å²) in [6, 6.07) is 0. The van der Waals surface area contributed by atoms with Gasteiger partial charge in [0.05, 0.1) is 0 Å². The molecule has 0 radical (unpaired) electrons. The molecule has 0 aromatic heterocycles. The normalized spacial score (nSPS) is 26.8. The van der Waals surface area contributed by atoms with E-state index in [-0.39, 0.29) is 0 Å². The number of aliphatic hydroxyl groups is 1. The number of cyclic esters (lactones) is 2. The predicted molar refractivity (Wildman–Crippen MR) is 47.4 cm³/mol. The number of rotatable bonds is 2. The monoisotopic (exact) mass is 228 g/mol.